The van der Waals surface area contributed by atoms with Gasteiger partial charge in [-0.1, -0.05) is 0 Å². The van der Waals surface area contributed by atoms with Crippen LogP contribution < -0.4 is 16.1 Å². The molecule has 0 saturated heterocycles. The van der Waals surface area contributed by atoms with Gasteiger partial charge in [0, 0.05) is 30.6 Å². The number of nitrogens with zero attached hydrogens (tertiary/aromatic N) is 4. The summed E-state index contributed by atoms with van der Waals surface area (Å²) in [6.07, 6.45) is -5.75. The number of carbonyl (C=O) groups excluding carboxylic acids is 1. The first-order valence-corrected chi connectivity index (χ1v) is 13.5. The lowest BCUT2D eigenvalue weighted by Gasteiger charge is -2.13. The predicted octanol–water partition coefficient (Wildman–Crippen LogP) is 2.70. The first kappa shape index (κ1) is 30.3. The molecule has 3 aromatic heterocycles. The number of amides is 1. The molecule has 0 atom stereocenters. The van der Waals surface area contributed by atoms with Crippen molar-refractivity contribution in [2.24, 2.45) is 19.1 Å². The van der Waals surface area contributed by atoms with Crippen molar-refractivity contribution in [2.45, 2.75) is 26.3 Å². The number of thiazole rings is 1. The number of phosphoric ester groups is 1. The van der Waals surface area contributed by atoms with Crippen molar-refractivity contribution in [3.8, 4) is 11.3 Å². The molecular formula is C22H18F5N4O8PS. The lowest BCUT2D eigenvalue weighted by Crippen LogP contribution is -2.36. The lowest BCUT2D eigenvalue weighted by atomic mass is 10.1. The number of halogens is 5. The fourth-order valence-corrected chi connectivity index (χ4v) is 5.12. The number of aryl methyl sites for hydroxylation is 2. The number of aromatic nitrogens is 3. The van der Waals surface area contributed by atoms with Crippen LogP contribution in [0.4, 0.5) is 22.0 Å². The molecule has 0 radical (unpaired) electrons. The number of hydrogen-bond donors (Lipinski definition) is 2. The minimum Gasteiger partial charge on any atom is -0.444 e. The molecule has 19 heteroatoms. The number of benzene rings is 1. The molecule has 0 bridgehead atoms. The summed E-state index contributed by atoms with van der Waals surface area (Å²) < 4.78 is 91.8. The molecular weight excluding hydrogens is 606 g/mol. The summed E-state index contributed by atoms with van der Waals surface area (Å²) in [5.74, 6) is -4.95. The maximum absolute atomic E-state index is 14.7. The monoisotopic (exact) mass is 624 g/mol. The molecule has 1 aromatic carbocycles. The molecule has 0 saturated carbocycles. The number of phosphoric acid groups is 1. The van der Waals surface area contributed by atoms with E-state index >= 15 is 0 Å². The molecule has 0 aliphatic rings. The zero-order valence-corrected chi connectivity index (χ0v) is 22.7. The van der Waals surface area contributed by atoms with Gasteiger partial charge in [0.2, 0.25) is 5.71 Å². The second kappa shape index (κ2) is 10.6. The van der Waals surface area contributed by atoms with Gasteiger partial charge in [-0.15, -0.1) is 11.3 Å². The van der Waals surface area contributed by atoms with Gasteiger partial charge in [-0.25, -0.2) is 18.1 Å². The van der Waals surface area contributed by atoms with Crippen molar-refractivity contribution in [1.82, 2.24) is 13.7 Å². The topological polar surface area (TPSA) is 158 Å². The molecule has 1 amide bonds. The fraction of sp³-hybridized carbons (Fsp3) is 0.273. The third kappa shape index (κ3) is 5.73. The van der Waals surface area contributed by atoms with Gasteiger partial charge in [0.1, 0.15) is 17.9 Å². The van der Waals surface area contributed by atoms with Gasteiger partial charge in [0.25, 0.3) is 11.5 Å². The Kier molecular flexibility index (Phi) is 7.83. The third-order valence-corrected chi connectivity index (χ3v) is 7.27. The molecule has 2 N–H and O–H groups in total. The highest BCUT2D eigenvalue weighted by Gasteiger charge is 2.36. The molecule has 0 fully saturated rings. The Labute approximate surface area is 228 Å². The molecule has 4 aromatic rings. The molecule has 0 aliphatic carbocycles. The number of rotatable bonds is 6. The third-order valence-electron chi connectivity index (χ3n) is 5.95. The molecule has 4 rings (SSSR count). The van der Waals surface area contributed by atoms with E-state index in [1.165, 1.54) is 21.0 Å². The Balaban J connectivity index is 1.83. The van der Waals surface area contributed by atoms with Crippen LogP contribution in [0.5, 0.6) is 0 Å². The second-order valence-corrected chi connectivity index (χ2v) is 10.6. The van der Waals surface area contributed by atoms with Crippen molar-refractivity contribution in [3.05, 3.63) is 71.7 Å². The molecule has 0 unspecified atom stereocenters. The van der Waals surface area contributed by atoms with Crippen LogP contribution in [0, 0.1) is 18.6 Å². The Hall–Kier alpha value is -3.70. The zero-order valence-electron chi connectivity index (χ0n) is 21.0. The summed E-state index contributed by atoms with van der Waals surface area (Å²) in [6.45, 7) is 0.374. The van der Waals surface area contributed by atoms with Gasteiger partial charge < -0.3 is 14.2 Å². The van der Waals surface area contributed by atoms with Gasteiger partial charge in [-0.05, 0) is 19.1 Å². The largest absolute Gasteiger partial charge is 0.471 e. The number of hydrogen-bond acceptors (Lipinski definition) is 7. The highest BCUT2D eigenvalue weighted by atomic mass is 32.1. The van der Waals surface area contributed by atoms with E-state index in [-0.39, 0.29) is 33.3 Å². The van der Waals surface area contributed by atoms with Gasteiger partial charge in [-0.3, -0.25) is 27.8 Å². The van der Waals surface area contributed by atoms with Gasteiger partial charge in [0.15, 0.2) is 16.4 Å². The minimum absolute atomic E-state index is 0.0671. The maximum Gasteiger partial charge on any atom is 0.471 e. The molecule has 0 spiro atoms. The van der Waals surface area contributed by atoms with E-state index in [0.29, 0.717) is 17.4 Å². The van der Waals surface area contributed by atoms with E-state index < -0.39 is 72.8 Å². The summed E-state index contributed by atoms with van der Waals surface area (Å²) in [4.78, 5) is 59.6. The number of furan rings is 1. The van der Waals surface area contributed by atoms with Crippen LogP contribution in [0.25, 0.3) is 22.4 Å². The van der Waals surface area contributed by atoms with Gasteiger partial charge in [-0.2, -0.15) is 18.2 Å². The normalized spacial score (nSPS) is 13.0. The molecule has 12 nitrogen and oxygen atoms in total. The highest BCUT2D eigenvalue weighted by Crippen LogP contribution is 2.38. The van der Waals surface area contributed by atoms with Crippen molar-refractivity contribution >= 4 is 36.2 Å². The fourth-order valence-electron chi connectivity index (χ4n) is 3.95. The van der Waals surface area contributed by atoms with E-state index in [2.05, 4.69) is 9.52 Å². The summed E-state index contributed by atoms with van der Waals surface area (Å²) in [6, 6.07) is 0.881. The summed E-state index contributed by atoms with van der Waals surface area (Å²) in [5, 5.41) is 0.993. The number of carbonyl (C=O) groups is 1. The van der Waals surface area contributed by atoms with Crippen molar-refractivity contribution in [2.75, 3.05) is 0 Å². The minimum atomic E-state index is -5.20. The van der Waals surface area contributed by atoms with Crippen molar-refractivity contribution in [3.63, 3.8) is 0 Å². The number of fused-ring (bicyclic) bond motifs is 1. The maximum atomic E-state index is 14.7. The average Bonchev–Trinajstić information content (AvgIpc) is 3.40. The van der Waals surface area contributed by atoms with E-state index in [1.807, 2.05) is 0 Å². The molecule has 41 heavy (non-hydrogen) atoms. The summed E-state index contributed by atoms with van der Waals surface area (Å²) in [5.41, 5.74) is -4.45. The second-order valence-electron chi connectivity index (χ2n) is 8.57. The highest BCUT2D eigenvalue weighted by molar-refractivity contribution is 7.46. The molecule has 0 aliphatic heterocycles. The average molecular weight is 624 g/mol. The Morgan fingerprint density at radius 3 is 2.41 bits per heavy atom. The van der Waals surface area contributed by atoms with E-state index in [1.54, 1.807) is 0 Å². The van der Waals surface area contributed by atoms with E-state index in [0.717, 1.165) is 19.1 Å². The quantitative estimate of drug-likeness (QED) is 0.245. The predicted molar refractivity (Wildman–Crippen MR) is 131 cm³/mol. The van der Waals surface area contributed by atoms with Gasteiger partial charge in [0.05, 0.1) is 17.7 Å². The molecule has 3 heterocycles. The SMILES string of the molecule is Cc1oc2c(c1CC(=O)N=c1scc(-c3ccc(C(F)(F)F)c(F)c3F)n1COP(=O)(O)O)c(=O)n(C)c(=O)n2C. The van der Waals surface area contributed by atoms with Crippen LogP contribution in [0.3, 0.4) is 0 Å². The number of alkyl halides is 3. The first-order chi connectivity index (χ1) is 18.9. The van der Waals surface area contributed by atoms with Crippen LogP contribution in [0.2, 0.25) is 0 Å². The van der Waals surface area contributed by atoms with Crippen LogP contribution in [-0.2, 0) is 47.3 Å². The van der Waals surface area contributed by atoms with Crippen LogP contribution in [0.1, 0.15) is 16.9 Å². The summed E-state index contributed by atoms with van der Waals surface area (Å²) in [7, 11) is -2.58. The van der Waals surface area contributed by atoms with E-state index in [4.69, 9.17) is 14.2 Å². The van der Waals surface area contributed by atoms with Crippen LogP contribution >= 0.6 is 19.2 Å². The Morgan fingerprint density at radius 1 is 1.15 bits per heavy atom. The summed E-state index contributed by atoms with van der Waals surface area (Å²) >= 11 is 0.601. The smallest absolute Gasteiger partial charge is 0.444 e. The first-order valence-electron chi connectivity index (χ1n) is 11.1. The van der Waals surface area contributed by atoms with Crippen molar-refractivity contribution < 1.29 is 50.0 Å². The van der Waals surface area contributed by atoms with Crippen LogP contribution in [-0.4, -0.2) is 29.4 Å². The van der Waals surface area contributed by atoms with E-state index in [9.17, 15) is 40.9 Å². The molecule has 220 valence electrons. The standard InChI is InChI=1S/C22H18F5N4O8PS/c1-9-11(15-18(33)29(2)21(34)30(3)19(15)39-9)6-14(32)28-20-31(8-38-40(35,36)37)13(7-41-20)10-4-5-12(22(25,26)27)17(24)16(10)23/h4-5,7H,6,8H2,1-3H3,(H2,35,36,37). The Bertz CT molecular complexity index is 1950. The Morgan fingerprint density at radius 2 is 1.80 bits per heavy atom. The zero-order chi connectivity index (χ0) is 30.6. The van der Waals surface area contributed by atoms with Gasteiger partial charge >= 0.3 is 19.7 Å². The van der Waals surface area contributed by atoms with Crippen LogP contribution in [0.15, 0.2) is 36.5 Å². The lowest BCUT2D eigenvalue weighted by molar-refractivity contribution is -0.140. The van der Waals surface area contributed by atoms with Crippen molar-refractivity contribution in [1.29, 1.82) is 0 Å².